The zero-order valence-corrected chi connectivity index (χ0v) is 15.9. The molecule has 0 saturated carbocycles. The highest BCUT2D eigenvalue weighted by molar-refractivity contribution is 5.92. The zero-order chi connectivity index (χ0) is 19.4. The Kier molecular flexibility index (Phi) is 5.61. The summed E-state index contributed by atoms with van der Waals surface area (Å²) in [5.41, 5.74) is 3.54. The van der Waals surface area contributed by atoms with Crippen LogP contribution in [0.4, 0.5) is 0 Å². The third kappa shape index (κ3) is 4.03. The molecule has 1 aromatic carbocycles. The highest BCUT2D eigenvalue weighted by Crippen LogP contribution is 2.32. The van der Waals surface area contributed by atoms with E-state index in [9.17, 15) is 4.79 Å². The van der Waals surface area contributed by atoms with Gasteiger partial charge in [0.15, 0.2) is 5.76 Å². The van der Waals surface area contributed by atoms with E-state index in [1.54, 1.807) is 26.4 Å². The molecule has 0 fully saturated rings. The van der Waals surface area contributed by atoms with Crippen LogP contribution in [0, 0.1) is 13.8 Å². The molecule has 27 heavy (non-hydrogen) atoms. The van der Waals surface area contributed by atoms with Crippen LogP contribution in [0.25, 0.3) is 17.0 Å². The smallest absolute Gasteiger partial charge is 0.287 e. The molecule has 3 rings (SSSR count). The first kappa shape index (κ1) is 18.7. The number of hydrogen-bond acceptors (Lipinski definition) is 5. The van der Waals surface area contributed by atoms with Crippen molar-refractivity contribution in [3.63, 3.8) is 0 Å². The summed E-state index contributed by atoms with van der Waals surface area (Å²) < 4.78 is 18.0. The Labute approximate surface area is 157 Å². The first-order valence-electron chi connectivity index (χ1n) is 8.62. The molecule has 2 aromatic heterocycles. The predicted molar refractivity (Wildman–Crippen MR) is 102 cm³/mol. The Morgan fingerprint density at radius 3 is 2.67 bits per heavy atom. The minimum Gasteiger partial charge on any atom is -0.497 e. The third-order valence-electron chi connectivity index (χ3n) is 4.13. The van der Waals surface area contributed by atoms with Crippen LogP contribution < -0.4 is 10.1 Å². The summed E-state index contributed by atoms with van der Waals surface area (Å²) in [6, 6.07) is 11.1. The number of ether oxygens (including phenoxy) is 2. The lowest BCUT2D eigenvalue weighted by atomic mass is 10.1. The van der Waals surface area contributed by atoms with Crippen LogP contribution in [0.15, 0.2) is 40.8 Å². The SMILES string of the molecule is COCCNC(=O)c1ccc(-c2ccc(OC)cc2-n2nc(C)cc2C)o1. The van der Waals surface area contributed by atoms with Gasteiger partial charge in [-0.1, -0.05) is 0 Å². The summed E-state index contributed by atoms with van der Waals surface area (Å²) in [7, 11) is 3.21. The molecule has 0 aliphatic rings. The van der Waals surface area contributed by atoms with Gasteiger partial charge >= 0.3 is 0 Å². The summed E-state index contributed by atoms with van der Waals surface area (Å²) in [6.07, 6.45) is 0. The molecule has 0 spiro atoms. The van der Waals surface area contributed by atoms with Crippen molar-refractivity contribution in [2.45, 2.75) is 13.8 Å². The Bertz CT molecular complexity index is 943. The monoisotopic (exact) mass is 369 g/mol. The number of benzene rings is 1. The van der Waals surface area contributed by atoms with Gasteiger partial charge in [0.2, 0.25) is 0 Å². The predicted octanol–water partition coefficient (Wildman–Crippen LogP) is 3.13. The number of aromatic nitrogens is 2. The molecule has 0 aliphatic carbocycles. The van der Waals surface area contributed by atoms with Crippen LogP contribution in [0.2, 0.25) is 0 Å². The van der Waals surface area contributed by atoms with E-state index in [1.807, 2.05) is 42.8 Å². The van der Waals surface area contributed by atoms with Gasteiger partial charge in [0, 0.05) is 31.0 Å². The Morgan fingerprint density at radius 1 is 1.19 bits per heavy atom. The second-order valence-electron chi connectivity index (χ2n) is 6.13. The molecule has 0 atom stereocenters. The molecule has 0 unspecified atom stereocenters. The first-order valence-corrected chi connectivity index (χ1v) is 8.62. The lowest BCUT2D eigenvalue weighted by molar-refractivity contribution is 0.0910. The van der Waals surface area contributed by atoms with Crippen molar-refractivity contribution in [1.82, 2.24) is 15.1 Å². The molecule has 142 valence electrons. The number of aryl methyl sites for hydroxylation is 2. The van der Waals surface area contributed by atoms with Crippen molar-refractivity contribution in [2.75, 3.05) is 27.4 Å². The van der Waals surface area contributed by atoms with E-state index in [4.69, 9.17) is 13.9 Å². The van der Waals surface area contributed by atoms with Crippen molar-refractivity contribution in [3.8, 4) is 22.8 Å². The Hall–Kier alpha value is -3.06. The summed E-state index contributed by atoms with van der Waals surface area (Å²) in [5.74, 6) is 1.26. The lowest BCUT2D eigenvalue weighted by Crippen LogP contribution is -2.26. The average molecular weight is 369 g/mol. The van der Waals surface area contributed by atoms with Crippen molar-refractivity contribution in [1.29, 1.82) is 0 Å². The van der Waals surface area contributed by atoms with Crippen LogP contribution in [0.1, 0.15) is 21.9 Å². The Morgan fingerprint density at radius 2 is 2.00 bits per heavy atom. The van der Waals surface area contributed by atoms with E-state index in [0.717, 1.165) is 22.6 Å². The van der Waals surface area contributed by atoms with Crippen molar-refractivity contribution >= 4 is 5.91 Å². The number of methoxy groups -OCH3 is 2. The second kappa shape index (κ2) is 8.09. The molecule has 0 saturated heterocycles. The number of carbonyl (C=O) groups is 1. The number of hydrogen-bond donors (Lipinski definition) is 1. The van der Waals surface area contributed by atoms with E-state index in [0.29, 0.717) is 24.7 Å². The molecule has 1 N–H and O–H groups in total. The maximum atomic E-state index is 12.2. The normalized spacial score (nSPS) is 10.8. The number of furan rings is 1. The van der Waals surface area contributed by atoms with Crippen LogP contribution in [-0.4, -0.2) is 43.1 Å². The summed E-state index contributed by atoms with van der Waals surface area (Å²) >= 11 is 0. The molecule has 7 nitrogen and oxygen atoms in total. The van der Waals surface area contributed by atoms with Gasteiger partial charge in [-0.15, -0.1) is 0 Å². The number of carbonyl (C=O) groups excluding carboxylic acids is 1. The summed E-state index contributed by atoms with van der Waals surface area (Å²) in [5, 5.41) is 7.31. The highest BCUT2D eigenvalue weighted by Gasteiger charge is 2.17. The molecule has 0 aliphatic heterocycles. The fourth-order valence-electron chi connectivity index (χ4n) is 2.85. The van der Waals surface area contributed by atoms with Crippen LogP contribution >= 0.6 is 0 Å². The Balaban J connectivity index is 1.97. The number of nitrogens with one attached hydrogen (secondary N) is 1. The molecule has 2 heterocycles. The standard InChI is InChI=1S/C20H23N3O4/c1-13-11-14(2)23(22-13)17-12-15(26-4)5-6-16(17)18-7-8-19(27-18)20(24)21-9-10-25-3/h5-8,11-12H,9-10H2,1-4H3,(H,21,24). The number of amides is 1. The van der Waals surface area contributed by atoms with Gasteiger partial charge in [-0.3, -0.25) is 4.79 Å². The molecule has 3 aromatic rings. The van der Waals surface area contributed by atoms with Gasteiger partial charge in [-0.2, -0.15) is 5.10 Å². The highest BCUT2D eigenvalue weighted by atomic mass is 16.5. The maximum absolute atomic E-state index is 12.2. The van der Waals surface area contributed by atoms with Gasteiger partial charge in [0.25, 0.3) is 5.91 Å². The molecular weight excluding hydrogens is 346 g/mol. The number of nitrogens with zero attached hydrogens (tertiary/aromatic N) is 2. The lowest BCUT2D eigenvalue weighted by Gasteiger charge is -2.12. The van der Waals surface area contributed by atoms with E-state index >= 15 is 0 Å². The zero-order valence-electron chi connectivity index (χ0n) is 15.9. The van der Waals surface area contributed by atoms with Crippen molar-refractivity contribution in [3.05, 3.63) is 53.5 Å². The average Bonchev–Trinajstić information content (AvgIpc) is 3.27. The summed E-state index contributed by atoms with van der Waals surface area (Å²) in [6.45, 7) is 4.80. The van der Waals surface area contributed by atoms with E-state index < -0.39 is 0 Å². The van der Waals surface area contributed by atoms with E-state index in [1.165, 1.54) is 0 Å². The minimum atomic E-state index is -0.278. The fourth-order valence-corrected chi connectivity index (χ4v) is 2.85. The fraction of sp³-hybridized carbons (Fsp3) is 0.300. The number of rotatable bonds is 7. The van der Waals surface area contributed by atoms with Crippen LogP contribution in [-0.2, 0) is 4.74 Å². The molecule has 1 amide bonds. The topological polar surface area (TPSA) is 78.5 Å². The third-order valence-corrected chi connectivity index (χ3v) is 4.13. The second-order valence-corrected chi connectivity index (χ2v) is 6.13. The van der Waals surface area contributed by atoms with Gasteiger partial charge < -0.3 is 19.2 Å². The van der Waals surface area contributed by atoms with Crippen LogP contribution in [0.5, 0.6) is 5.75 Å². The van der Waals surface area contributed by atoms with Gasteiger partial charge in [0.1, 0.15) is 11.5 Å². The minimum absolute atomic E-state index is 0.247. The van der Waals surface area contributed by atoms with Crippen molar-refractivity contribution in [2.24, 2.45) is 0 Å². The van der Waals surface area contributed by atoms with Gasteiger partial charge in [-0.05, 0) is 44.2 Å². The molecular formula is C20H23N3O4. The van der Waals surface area contributed by atoms with Gasteiger partial charge in [-0.25, -0.2) is 4.68 Å². The van der Waals surface area contributed by atoms with E-state index in [-0.39, 0.29) is 11.7 Å². The van der Waals surface area contributed by atoms with Crippen molar-refractivity contribution < 1.29 is 18.7 Å². The quantitative estimate of drug-likeness (QED) is 0.648. The molecule has 7 heteroatoms. The van der Waals surface area contributed by atoms with Gasteiger partial charge in [0.05, 0.1) is 25.1 Å². The maximum Gasteiger partial charge on any atom is 0.287 e. The largest absolute Gasteiger partial charge is 0.497 e. The summed E-state index contributed by atoms with van der Waals surface area (Å²) in [4.78, 5) is 12.2. The molecule has 0 bridgehead atoms. The first-order chi connectivity index (χ1) is 13.0. The van der Waals surface area contributed by atoms with Crippen LogP contribution in [0.3, 0.4) is 0 Å². The van der Waals surface area contributed by atoms with E-state index in [2.05, 4.69) is 10.4 Å². The molecule has 0 radical (unpaired) electrons.